The third kappa shape index (κ3) is 3.07. The Morgan fingerprint density at radius 3 is 2.38 bits per heavy atom. The number of para-hydroxylation sites is 1. The molecule has 1 aromatic heterocycles. The molecule has 0 bridgehead atoms. The highest BCUT2D eigenvalue weighted by atomic mass is 32.2. The second-order valence-electron chi connectivity index (χ2n) is 7.11. The van der Waals surface area contributed by atoms with Crippen LogP contribution >= 0.6 is 0 Å². The zero-order valence-electron chi connectivity index (χ0n) is 14.3. The van der Waals surface area contributed by atoms with E-state index in [0.29, 0.717) is 21.6 Å². The van der Waals surface area contributed by atoms with E-state index in [0.717, 1.165) is 0 Å². The number of aromatic nitrogens is 2. The predicted octanol–water partition coefficient (Wildman–Crippen LogP) is 3.13. The van der Waals surface area contributed by atoms with Gasteiger partial charge < -0.3 is 4.98 Å². The van der Waals surface area contributed by atoms with Crippen molar-refractivity contribution in [3.05, 3.63) is 34.4 Å². The Labute approximate surface area is 128 Å². The molecular weight excluding hydrogens is 284 g/mol. The molecule has 0 fully saturated rings. The first-order chi connectivity index (χ1) is 9.93. The van der Waals surface area contributed by atoms with E-state index in [1.807, 2.05) is 41.5 Å². The van der Waals surface area contributed by atoms with E-state index in [4.69, 9.17) is 1.37 Å². The monoisotopic (exact) mass is 307 g/mol. The van der Waals surface area contributed by atoms with Gasteiger partial charge in [0.2, 0.25) is 0 Å². The molecule has 2 aromatic rings. The predicted molar refractivity (Wildman–Crippen MR) is 87.2 cm³/mol. The molecule has 2 rings (SSSR count). The van der Waals surface area contributed by atoms with Crippen LogP contribution in [0.5, 0.6) is 0 Å². The van der Waals surface area contributed by atoms with E-state index < -0.39 is 15.5 Å². The summed E-state index contributed by atoms with van der Waals surface area (Å²) in [5, 5.41) is 0.372. The number of nitrogens with zero attached hydrogens (tertiary/aromatic N) is 1. The van der Waals surface area contributed by atoms with E-state index in [2.05, 4.69) is 9.97 Å². The molecule has 1 N–H and O–H groups in total. The third-order valence-corrected chi connectivity index (χ3v) is 4.88. The van der Waals surface area contributed by atoms with Gasteiger partial charge in [-0.05, 0) is 32.9 Å². The van der Waals surface area contributed by atoms with Crippen molar-refractivity contribution >= 4 is 21.7 Å². The molecule has 1 heterocycles. The lowest BCUT2D eigenvalue weighted by molar-refractivity contribution is 0.546. The molecule has 0 spiro atoms. The summed E-state index contributed by atoms with van der Waals surface area (Å²) < 4.78 is 20.4. The number of rotatable bonds is 1. The summed E-state index contributed by atoms with van der Waals surface area (Å²) in [5.74, 6) is 0.530. The lowest BCUT2D eigenvalue weighted by atomic mass is 9.95. The summed E-state index contributed by atoms with van der Waals surface area (Å²) in [7, 11) is -1.43. The molecule has 0 aliphatic heterocycles. The molecule has 1 unspecified atom stereocenters. The van der Waals surface area contributed by atoms with Crippen molar-refractivity contribution < 1.29 is 5.58 Å². The van der Waals surface area contributed by atoms with Gasteiger partial charge in [0.15, 0.2) is 0 Å². The first-order valence-corrected chi connectivity index (χ1v) is 8.04. The van der Waals surface area contributed by atoms with Crippen LogP contribution in [0.4, 0.5) is 0 Å². The minimum absolute atomic E-state index is 0.152. The maximum atomic E-state index is 12.8. The maximum Gasteiger partial charge on any atom is 0.258 e. The normalized spacial score (nSPS) is 15.0. The number of fused-ring (bicyclic) bond motifs is 1. The largest absolute Gasteiger partial charge is 0.310 e. The zero-order valence-corrected chi connectivity index (χ0v) is 14.1. The molecule has 0 saturated carbocycles. The summed E-state index contributed by atoms with van der Waals surface area (Å²) in [4.78, 5) is 20.0. The van der Waals surface area contributed by atoms with Crippen LogP contribution in [0.15, 0.2) is 27.9 Å². The minimum Gasteiger partial charge on any atom is -0.310 e. The van der Waals surface area contributed by atoms with Crippen molar-refractivity contribution in [2.75, 3.05) is 0 Å². The van der Waals surface area contributed by atoms with Crippen molar-refractivity contribution in [3.8, 4) is 0 Å². The van der Waals surface area contributed by atoms with E-state index in [1.54, 1.807) is 6.07 Å². The molecule has 21 heavy (non-hydrogen) atoms. The Morgan fingerprint density at radius 1 is 1.24 bits per heavy atom. The van der Waals surface area contributed by atoms with Crippen LogP contribution in [0.3, 0.4) is 0 Å². The Bertz CT molecular complexity index is 814. The summed E-state index contributed by atoms with van der Waals surface area (Å²) in [6.07, 6.45) is 0. The van der Waals surface area contributed by atoms with Gasteiger partial charge in [-0.1, -0.05) is 26.8 Å². The van der Waals surface area contributed by atoms with Crippen LogP contribution in [-0.4, -0.2) is 18.9 Å². The minimum atomic E-state index is -1.43. The summed E-state index contributed by atoms with van der Waals surface area (Å²) >= 11 is 0. The van der Waals surface area contributed by atoms with Crippen molar-refractivity contribution in [1.82, 2.24) is 9.97 Å². The Hall–Kier alpha value is -1.49. The summed E-state index contributed by atoms with van der Waals surface area (Å²) in [6.45, 7) is 11.4. The van der Waals surface area contributed by atoms with Gasteiger partial charge in [-0.2, -0.15) is 0 Å². The summed E-state index contributed by atoms with van der Waals surface area (Å²) in [5.41, 5.74) is -0.234. The second-order valence-corrected chi connectivity index (χ2v) is 9.29. The third-order valence-electron chi connectivity index (χ3n) is 3.09. The van der Waals surface area contributed by atoms with Crippen LogP contribution < -0.4 is 5.56 Å². The number of benzene rings is 1. The molecule has 0 amide bonds. The first-order valence-electron chi connectivity index (χ1n) is 7.39. The highest BCUT2D eigenvalue weighted by molar-refractivity contribution is 7.86. The fourth-order valence-electron chi connectivity index (χ4n) is 1.88. The molecule has 1 atom stereocenters. The van der Waals surface area contributed by atoms with Crippen LogP contribution in [-0.2, 0) is 16.2 Å². The lowest BCUT2D eigenvalue weighted by Gasteiger charge is -2.20. The highest BCUT2D eigenvalue weighted by Gasteiger charge is 2.25. The van der Waals surface area contributed by atoms with Crippen LogP contribution in [0.2, 0.25) is 0 Å². The average Bonchev–Trinajstić information content (AvgIpc) is 2.35. The quantitative estimate of drug-likeness (QED) is 0.880. The Kier molecular flexibility index (Phi) is 3.48. The van der Waals surface area contributed by atoms with Gasteiger partial charge >= 0.3 is 0 Å². The van der Waals surface area contributed by atoms with Gasteiger partial charge in [0.25, 0.3) is 5.56 Å². The van der Waals surface area contributed by atoms with Crippen LogP contribution in [0.25, 0.3) is 10.9 Å². The van der Waals surface area contributed by atoms with Crippen molar-refractivity contribution in [2.24, 2.45) is 0 Å². The van der Waals surface area contributed by atoms with Crippen LogP contribution in [0.1, 0.15) is 48.7 Å². The SMILES string of the molecule is [2H]c1ccc2c(=O)[nH]c(C(C)(C)C)nc2c1S(=O)C(C)(C)C. The van der Waals surface area contributed by atoms with Crippen molar-refractivity contribution in [2.45, 2.75) is 56.6 Å². The number of hydrogen-bond acceptors (Lipinski definition) is 3. The second kappa shape index (κ2) is 5.05. The molecule has 0 saturated heterocycles. The van der Waals surface area contributed by atoms with Crippen molar-refractivity contribution in [3.63, 3.8) is 0 Å². The fourth-order valence-corrected chi connectivity index (χ4v) is 3.00. The Morgan fingerprint density at radius 2 is 1.86 bits per heavy atom. The number of aromatic amines is 1. The highest BCUT2D eigenvalue weighted by Crippen LogP contribution is 2.26. The molecule has 0 radical (unpaired) electrons. The average molecular weight is 307 g/mol. The van der Waals surface area contributed by atoms with Gasteiger partial charge in [0.1, 0.15) is 5.82 Å². The molecule has 4 nitrogen and oxygen atoms in total. The van der Waals surface area contributed by atoms with Gasteiger partial charge in [-0.3, -0.25) is 9.00 Å². The van der Waals surface area contributed by atoms with Gasteiger partial charge in [0.05, 0.1) is 28.0 Å². The number of nitrogens with one attached hydrogen (secondary N) is 1. The van der Waals surface area contributed by atoms with Crippen molar-refractivity contribution in [1.29, 1.82) is 0 Å². The number of H-pyrrole nitrogens is 1. The standard InChI is InChI=1S/C16H22N2O2S/c1-15(2,3)14-17-12-10(13(19)18-14)8-7-9-11(12)21(20)16(4,5)6/h7-9H,1-6H3,(H,17,18,19)/i9D. The smallest absolute Gasteiger partial charge is 0.258 e. The molecule has 5 heteroatoms. The summed E-state index contributed by atoms with van der Waals surface area (Å²) in [6, 6.07) is 3.23. The fraction of sp³-hybridized carbons (Fsp3) is 0.500. The molecule has 0 aliphatic rings. The molecule has 0 aliphatic carbocycles. The van der Waals surface area contributed by atoms with Gasteiger partial charge in [-0.15, -0.1) is 0 Å². The van der Waals surface area contributed by atoms with Gasteiger partial charge in [0, 0.05) is 10.2 Å². The lowest BCUT2D eigenvalue weighted by Crippen LogP contribution is -2.25. The first kappa shape index (κ1) is 14.4. The molecule has 1 aromatic carbocycles. The Balaban J connectivity index is 2.92. The van der Waals surface area contributed by atoms with E-state index in [1.165, 1.54) is 6.07 Å². The van der Waals surface area contributed by atoms with Gasteiger partial charge in [-0.25, -0.2) is 4.98 Å². The van der Waals surface area contributed by atoms with E-state index >= 15 is 0 Å². The number of hydrogen-bond donors (Lipinski definition) is 1. The maximum absolute atomic E-state index is 12.8. The van der Waals surface area contributed by atoms with Crippen LogP contribution in [0, 0.1) is 0 Å². The van der Waals surface area contributed by atoms with E-state index in [9.17, 15) is 9.00 Å². The topological polar surface area (TPSA) is 62.8 Å². The van der Waals surface area contributed by atoms with E-state index in [-0.39, 0.29) is 17.0 Å². The molecular formula is C16H22N2O2S. The zero-order chi connectivity index (χ0) is 16.9. The molecule has 114 valence electrons.